The smallest absolute Gasteiger partial charge is 0.205 e. The number of ether oxygens (including phenoxy) is 1. The molecule has 9 nitrogen and oxygen atoms in total. The number of piperidine rings is 1. The third kappa shape index (κ3) is 3.56. The average molecular weight is 408 g/mol. The molecular weight excluding hydrogens is 388 g/mol. The molecule has 0 spiro atoms. The second-order valence-electron chi connectivity index (χ2n) is 6.98. The molecule has 4 aromatic heterocycles. The van der Waals surface area contributed by atoms with Crippen molar-refractivity contribution >= 4 is 22.3 Å². The van der Waals surface area contributed by atoms with Crippen molar-refractivity contribution in [2.75, 3.05) is 25.1 Å². The fourth-order valence-corrected chi connectivity index (χ4v) is 4.34. The van der Waals surface area contributed by atoms with Crippen LogP contribution in [-0.2, 0) is 11.3 Å². The summed E-state index contributed by atoms with van der Waals surface area (Å²) >= 11 is 1.43. The molecule has 0 aliphatic carbocycles. The van der Waals surface area contributed by atoms with Crippen LogP contribution in [0.25, 0.3) is 16.9 Å². The molecule has 0 amide bonds. The van der Waals surface area contributed by atoms with Crippen molar-refractivity contribution in [2.24, 2.45) is 0 Å². The van der Waals surface area contributed by atoms with Gasteiger partial charge in [-0.15, -0.1) is 10.2 Å². The molecule has 1 aliphatic heterocycles. The van der Waals surface area contributed by atoms with Crippen molar-refractivity contribution in [3.63, 3.8) is 0 Å². The third-order valence-corrected chi connectivity index (χ3v) is 5.92. The first-order valence-corrected chi connectivity index (χ1v) is 10.3. The molecule has 0 unspecified atom stereocenters. The minimum absolute atomic E-state index is 0.310. The van der Waals surface area contributed by atoms with Crippen molar-refractivity contribution in [3.8, 4) is 11.3 Å². The average Bonchev–Trinajstić information content (AvgIpc) is 3.41. The highest BCUT2D eigenvalue weighted by Crippen LogP contribution is 2.30. The van der Waals surface area contributed by atoms with Gasteiger partial charge in [0.1, 0.15) is 6.61 Å². The Morgan fingerprint density at radius 1 is 1.17 bits per heavy atom. The van der Waals surface area contributed by atoms with Crippen LogP contribution in [0.3, 0.4) is 0 Å². The molecule has 1 fully saturated rings. The maximum Gasteiger partial charge on any atom is 0.205 e. The highest BCUT2D eigenvalue weighted by Gasteiger charge is 2.27. The van der Waals surface area contributed by atoms with Crippen LogP contribution < -0.4 is 4.90 Å². The van der Waals surface area contributed by atoms with Crippen LogP contribution in [0.1, 0.15) is 30.4 Å². The van der Waals surface area contributed by atoms with Crippen molar-refractivity contribution < 1.29 is 4.74 Å². The lowest BCUT2D eigenvalue weighted by Crippen LogP contribution is -2.33. The summed E-state index contributed by atoms with van der Waals surface area (Å²) in [4.78, 5) is 11.0. The quantitative estimate of drug-likeness (QED) is 0.497. The van der Waals surface area contributed by atoms with Crippen molar-refractivity contribution in [2.45, 2.75) is 25.4 Å². The third-order valence-electron chi connectivity index (χ3n) is 5.11. The van der Waals surface area contributed by atoms with Gasteiger partial charge < -0.3 is 9.64 Å². The van der Waals surface area contributed by atoms with Crippen LogP contribution in [-0.4, -0.2) is 54.4 Å². The van der Waals surface area contributed by atoms with Crippen LogP contribution in [0.15, 0.2) is 36.7 Å². The zero-order valence-electron chi connectivity index (χ0n) is 16.0. The lowest BCUT2D eigenvalue weighted by atomic mass is 9.96. The lowest BCUT2D eigenvalue weighted by molar-refractivity contribution is 0.179. The van der Waals surface area contributed by atoms with E-state index in [-0.39, 0.29) is 0 Å². The molecule has 1 aliphatic rings. The second-order valence-corrected chi connectivity index (χ2v) is 7.71. The number of pyridine rings is 1. The molecule has 10 heteroatoms. The Bertz CT molecular complexity index is 1100. The minimum Gasteiger partial charge on any atom is -0.377 e. The Morgan fingerprint density at radius 2 is 2.07 bits per heavy atom. The van der Waals surface area contributed by atoms with E-state index < -0.39 is 0 Å². The molecule has 0 radical (unpaired) electrons. The maximum atomic E-state index is 5.11. The Kier molecular flexibility index (Phi) is 4.86. The van der Waals surface area contributed by atoms with Gasteiger partial charge in [-0.3, -0.25) is 4.98 Å². The number of fused-ring (bicyclic) bond motifs is 1. The molecule has 0 bridgehead atoms. The molecule has 0 saturated carbocycles. The maximum absolute atomic E-state index is 5.11. The normalized spacial score (nSPS) is 15.3. The summed E-state index contributed by atoms with van der Waals surface area (Å²) in [5.74, 6) is 1.97. The molecule has 0 aromatic carbocycles. The number of rotatable bonds is 5. The van der Waals surface area contributed by atoms with Crippen LogP contribution >= 0.6 is 11.5 Å². The predicted molar refractivity (Wildman–Crippen MR) is 109 cm³/mol. The number of anilines is 1. The van der Waals surface area contributed by atoms with Gasteiger partial charge >= 0.3 is 0 Å². The standard InChI is InChI=1S/C19H20N8OS/c1-28-12-16-21-19(29-25-16)26-9-6-13(7-10-26)18-23-22-17-5-4-15(24-27(17)18)14-3-2-8-20-11-14/h2-5,8,11,13H,6-7,9-10,12H2,1H3. The molecule has 0 atom stereocenters. The van der Waals surface area contributed by atoms with Crippen LogP contribution in [0.2, 0.25) is 0 Å². The van der Waals surface area contributed by atoms with E-state index in [0.717, 1.165) is 59.6 Å². The Labute approximate surface area is 171 Å². The van der Waals surface area contributed by atoms with Crippen LogP contribution in [0, 0.1) is 0 Å². The number of nitrogens with zero attached hydrogens (tertiary/aromatic N) is 8. The largest absolute Gasteiger partial charge is 0.377 e. The van der Waals surface area contributed by atoms with Gasteiger partial charge in [0.2, 0.25) is 5.13 Å². The number of aromatic nitrogens is 7. The zero-order chi connectivity index (χ0) is 19.6. The number of methoxy groups -OCH3 is 1. The minimum atomic E-state index is 0.310. The van der Waals surface area contributed by atoms with E-state index in [1.807, 2.05) is 35.0 Å². The highest BCUT2D eigenvalue weighted by molar-refractivity contribution is 7.09. The SMILES string of the molecule is COCc1nsc(N2CCC(c3nnc4ccc(-c5cccnc5)nn34)CC2)n1. The first-order chi connectivity index (χ1) is 14.3. The van der Waals surface area contributed by atoms with Gasteiger partial charge in [-0.1, -0.05) is 0 Å². The second kappa shape index (κ2) is 7.80. The van der Waals surface area contributed by atoms with Crippen molar-refractivity contribution in [1.82, 2.24) is 34.2 Å². The predicted octanol–water partition coefficient (Wildman–Crippen LogP) is 2.57. The van der Waals surface area contributed by atoms with E-state index in [0.29, 0.717) is 12.5 Å². The van der Waals surface area contributed by atoms with Gasteiger partial charge in [0.15, 0.2) is 17.3 Å². The van der Waals surface area contributed by atoms with Gasteiger partial charge in [-0.05, 0) is 37.1 Å². The topological polar surface area (TPSA) is 94.2 Å². The monoisotopic (exact) mass is 408 g/mol. The molecule has 0 N–H and O–H groups in total. The molecule has 148 valence electrons. The summed E-state index contributed by atoms with van der Waals surface area (Å²) < 4.78 is 11.3. The molecule has 29 heavy (non-hydrogen) atoms. The first-order valence-electron chi connectivity index (χ1n) is 9.51. The van der Waals surface area contributed by atoms with E-state index in [9.17, 15) is 0 Å². The summed E-state index contributed by atoms with van der Waals surface area (Å²) in [7, 11) is 1.66. The van der Waals surface area contributed by atoms with Gasteiger partial charge in [-0.25, -0.2) is 4.98 Å². The summed E-state index contributed by atoms with van der Waals surface area (Å²) in [6, 6.07) is 7.83. The number of hydrogen-bond acceptors (Lipinski definition) is 9. The Morgan fingerprint density at radius 3 is 2.86 bits per heavy atom. The van der Waals surface area contributed by atoms with Crippen LogP contribution in [0.5, 0.6) is 0 Å². The highest BCUT2D eigenvalue weighted by atomic mass is 32.1. The molecule has 4 aromatic rings. The fraction of sp³-hybridized carbons (Fsp3) is 0.368. The van der Waals surface area contributed by atoms with Gasteiger partial charge in [0.25, 0.3) is 0 Å². The van der Waals surface area contributed by atoms with E-state index in [4.69, 9.17) is 9.84 Å². The molecule has 5 rings (SSSR count). The Hall–Kier alpha value is -2.98. The summed E-state index contributed by atoms with van der Waals surface area (Å²) in [6.45, 7) is 2.26. The van der Waals surface area contributed by atoms with Gasteiger partial charge in [0, 0.05) is 55.6 Å². The van der Waals surface area contributed by atoms with E-state index in [2.05, 4.69) is 29.4 Å². The zero-order valence-corrected chi connectivity index (χ0v) is 16.8. The van der Waals surface area contributed by atoms with Crippen LogP contribution in [0.4, 0.5) is 5.13 Å². The van der Waals surface area contributed by atoms with Gasteiger partial charge in [0.05, 0.1) is 5.69 Å². The molecule has 5 heterocycles. The summed E-state index contributed by atoms with van der Waals surface area (Å²) in [6.07, 6.45) is 5.52. The summed E-state index contributed by atoms with van der Waals surface area (Å²) in [5.41, 5.74) is 2.61. The Balaban J connectivity index is 1.35. The van der Waals surface area contributed by atoms with E-state index in [1.54, 1.807) is 13.3 Å². The lowest BCUT2D eigenvalue weighted by Gasteiger charge is -2.30. The molecular formula is C19H20N8OS. The van der Waals surface area contributed by atoms with Crippen molar-refractivity contribution in [1.29, 1.82) is 0 Å². The molecule has 1 saturated heterocycles. The number of hydrogen-bond donors (Lipinski definition) is 0. The van der Waals surface area contributed by atoms with E-state index >= 15 is 0 Å². The first kappa shape index (κ1) is 18.1. The summed E-state index contributed by atoms with van der Waals surface area (Å²) in [5, 5.41) is 14.5. The van der Waals surface area contributed by atoms with Crippen molar-refractivity contribution in [3.05, 3.63) is 48.3 Å². The fourth-order valence-electron chi connectivity index (χ4n) is 3.62. The van der Waals surface area contributed by atoms with Gasteiger partial charge in [-0.2, -0.15) is 14.0 Å². The van der Waals surface area contributed by atoms with E-state index in [1.165, 1.54) is 11.5 Å².